The van der Waals surface area contributed by atoms with Crippen LogP contribution >= 0.6 is 23.2 Å². The lowest BCUT2D eigenvalue weighted by molar-refractivity contribution is -0.135. The van der Waals surface area contributed by atoms with Crippen LogP contribution in [0, 0.1) is 0 Å². The maximum atomic E-state index is 12.7. The highest BCUT2D eigenvalue weighted by atomic mass is 35.5. The number of halogens is 2. The number of H-pyrrole nitrogens is 1. The van der Waals surface area contributed by atoms with Crippen molar-refractivity contribution in [2.45, 2.75) is 45.7 Å². The summed E-state index contributed by atoms with van der Waals surface area (Å²) in [6.07, 6.45) is 6.71. The number of rotatable bonds is 24. The fourth-order valence-electron chi connectivity index (χ4n) is 8.13. The van der Waals surface area contributed by atoms with Crippen LogP contribution in [0.5, 0.6) is 5.75 Å². The van der Waals surface area contributed by atoms with E-state index in [1.165, 1.54) is 0 Å². The maximum absolute atomic E-state index is 12.7. The fourth-order valence-corrected chi connectivity index (χ4v) is 8.53. The number of anilines is 1. The van der Waals surface area contributed by atoms with Gasteiger partial charge < -0.3 is 56.0 Å². The molecule has 0 radical (unpaired) electrons. The predicted octanol–water partition coefficient (Wildman–Crippen LogP) is 4.68. The van der Waals surface area contributed by atoms with Gasteiger partial charge in [-0.25, -0.2) is 4.98 Å². The number of amides is 4. The van der Waals surface area contributed by atoms with Gasteiger partial charge in [-0.1, -0.05) is 48.3 Å². The van der Waals surface area contributed by atoms with Crippen LogP contribution in [0.1, 0.15) is 47.1 Å². The molecule has 2 aromatic carbocycles. The van der Waals surface area contributed by atoms with Gasteiger partial charge in [-0.15, -0.1) is 0 Å². The molecule has 0 saturated heterocycles. The number of aromatic nitrogens is 5. The largest absolute Gasteiger partial charge is 0.508 e. The first kappa shape index (κ1) is 51.2. The lowest BCUT2D eigenvalue weighted by Gasteiger charge is -2.26. The van der Waals surface area contributed by atoms with Gasteiger partial charge in [0, 0.05) is 109 Å². The quantitative estimate of drug-likeness (QED) is 0.0407. The van der Waals surface area contributed by atoms with Gasteiger partial charge in [0.05, 0.1) is 67.4 Å². The number of aromatic amines is 1. The lowest BCUT2D eigenvalue weighted by atomic mass is 9.92. The molecule has 8 N–H and O–H groups in total. The van der Waals surface area contributed by atoms with Crippen LogP contribution in [-0.2, 0) is 54.5 Å². The van der Waals surface area contributed by atoms with Crippen molar-refractivity contribution in [3.63, 3.8) is 0 Å². The number of carbonyl (C=O) groups excluding carboxylic acids is 4. The third kappa shape index (κ3) is 13.0. The Morgan fingerprint density at radius 2 is 1.50 bits per heavy atom. The molecular formula is C49H56Cl2N10O9. The minimum Gasteiger partial charge on any atom is -0.508 e. The van der Waals surface area contributed by atoms with Crippen molar-refractivity contribution in [3.8, 4) is 39.3 Å². The van der Waals surface area contributed by atoms with E-state index in [1.54, 1.807) is 64.4 Å². The van der Waals surface area contributed by atoms with Crippen molar-refractivity contribution in [3.05, 3.63) is 99.7 Å². The van der Waals surface area contributed by atoms with Crippen LogP contribution in [0.15, 0.2) is 67.1 Å². The Kier molecular flexibility index (Phi) is 18.1. The number of aliphatic hydroxyl groups is 1. The summed E-state index contributed by atoms with van der Waals surface area (Å²) in [6, 6.07) is 13.8. The van der Waals surface area contributed by atoms with Gasteiger partial charge in [0.2, 0.25) is 17.7 Å². The van der Waals surface area contributed by atoms with E-state index in [0.29, 0.717) is 92.5 Å². The van der Waals surface area contributed by atoms with E-state index in [9.17, 15) is 29.4 Å². The first-order chi connectivity index (χ1) is 33.9. The molecule has 4 aromatic heterocycles. The number of ether oxygens (including phenoxy) is 3. The molecule has 6 aromatic rings. The number of aliphatic hydroxyl groups excluding tert-OH is 1. The molecule has 21 heteroatoms. The topological polar surface area (TPSA) is 261 Å². The molecule has 0 saturated carbocycles. The van der Waals surface area contributed by atoms with Crippen molar-refractivity contribution in [1.29, 1.82) is 0 Å². The number of fused-ring (bicyclic) bond motifs is 3. The Morgan fingerprint density at radius 1 is 0.829 bits per heavy atom. The predicted molar refractivity (Wildman–Crippen MR) is 264 cm³/mol. The van der Waals surface area contributed by atoms with Gasteiger partial charge in [0.1, 0.15) is 23.9 Å². The normalized spacial score (nSPS) is 12.3. The molecule has 19 nitrogen and oxygen atoms in total. The average molecular weight is 1000 g/mol. The van der Waals surface area contributed by atoms with Crippen molar-refractivity contribution >= 4 is 63.6 Å². The number of benzene rings is 2. The highest BCUT2D eigenvalue weighted by Crippen LogP contribution is 2.42. The zero-order valence-electron chi connectivity index (χ0n) is 38.7. The minimum atomic E-state index is -0.558. The minimum absolute atomic E-state index is 0.147. The Labute approximate surface area is 414 Å². The number of nitrogens with one attached hydrogen (secondary N) is 4. The summed E-state index contributed by atoms with van der Waals surface area (Å²) in [5.41, 5.74) is 14.7. The second-order valence-corrected chi connectivity index (χ2v) is 17.1. The molecule has 1 aliphatic heterocycles. The van der Waals surface area contributed by atoms with E-state index in [1.807, 2.05) is 19.2 Å². The maximum Gasteiger partial charge on any atom is 0.269 e. The molecule has 5 heterocycles. The van der Waals surface area contributed by atoms with Crippen LogP contribution in [0.2, 0.25) is 10.0 Å². The molecule has 0 aliphatic carbocycles. The van der Waals surface area contributed by atoms with Crippen LogP contribution in [0.3, 0.4) is 0 Å². The van der Waals surface area contributed by atoms with Gasteiger partial charge >= 0.3 is 0 Å². The van der Waals surface area contributed by atoms with Gasteiger partial charge in [-0.05, 0) is 47.9 Å². The lowest BCUT2D eigenvalue weighted by Crippen LogP contribution is -2.37. The molecule has 0 atom stereocenters. The molecule has 370 valence electrons. The Hall–Kier alpha value is -6.61. The second kappa shape index (κ2) is 24.8. The molecule has 70 heavy (non-hydrogen) atoms. The van der Waals surface area contributed by atoms with Crippen molar-refractivity contribution in [2.24, 2.45) is 0 Å². The smallest absolute Gasteiger partial charge is 0.269 e. The number of nitrogens with zero attached hydrogens (tertiary/aromatic N) is 5. The number of aromatic hydroxyl groups is 1. The standard InChI is InChI=1S/C49H56Cl2N10O9/c1-2-33-35(27-57-48(52)44(33)30-3-6-32(63)7-4-30)31-5-8-40(56-26-31)49(67)55-14-13-53-41(64)11-19-68-21-23-70-24-22-69-20-12-42(65)54-15-18-61-17-10-39(59-61)34-25-37(50)46(51)47-45(34)36-28-60(43(66)29-62)16-9-38(36)58-47/h3-8,10,17,25-27,58,62-63H,2,9,11-16,18-24,28-29H2,1H3,(H2,52,57)(H,53,64)(H,54,65)(H,55,67). The first-order valence-corrected chi connectivity index (χ1v) is 23.7. The summed E-state index contributed by atoms with van der Waals surface area (Å²) in [6.45, 7) is 5.15. The summed E-state index contributed by atoms with van der Waals surface area (Å²) in [7, 11) is 0. The third-order valence-electron chi connectivity index (χ3n) is 11.7. The zero-order chi connectivity index (χ0) is 49.6. The zero-order valence-corrected chi connectivity index (χ0v) is 40.2. The van der Waals surface area contributed by atoms with Crippen molar-refractivity contribution in [2.75, 3.05) is 78.2 Å². The van der Waals surface area contributed by atoms with Gasteiger partial charge in [0.15, 0.2) is 0 Å². The summed E-state index contributed by atoms with van der Waals surface area (Å²) < 4.78 is 18.3. The molecule has 7 rings (SSSR count). The number of phenols is 1. The van der Waals surface area contributed by atoms with Gasteiger partial charge in [0.25, 0.3) is 5.91 Å². The first-order valence-electron chi connectivity index (χ1n) is 23.0. The highest BCUT2D eigenvalue weighted by Gasteiger charge is 2.27. The highest BCUT2D eigenvalue weighted by molar-refractivity contribution is 6.45. The number of pyridine rings is 2. The van der Waals surface area contributed by atoms with Crippen LogP contribution < -0.4 is 21.7 Å². The Bertz CT molecular complexity index is 2780. The molecule has 0 fully saturated rings. The fraction of sp³-hybridized carbons (Fsp3) is 0.367. The number of nitrogens with two attached hydrogens (primary N) is 1. The number of carbonyl (C=O) groups is 4. The number of hydrogen-bond acceptors (Lipinski definition) is 13. The van der Waals surface area contributed by atoms with Crippen molar-refractivity contribution < 1.29 is 43.6 Å². The van der Waals surface area contributed by atoms with Gasteiger partial charge in [-0.2, -0.15) is 5.10 Å². The average Bonchev–Trinajstić information content (AvgIpc) is 4.01. The second-order valence-electron chi connectivity index (χ2n) is 16.3. The summed E-state index contributed by atoms with van der Waals surface area (Å²) in [4.78, 5) is 63.5. The molecule has 0 spiro atoms. The van der Waals surface area contributed by atoms with E-state index >= 15 is 0 Å². The monoisotopic (exact) mass is 998 g/mol. The Balaban J connectivity index is 0.705. The number of nitrogen functional groups attached to an aromatic ring is 1. The number of phenolic OH excluding ortho intramolecular Hbond substituents is 1. The molecular weight excluding hydrogens is 944 g/mol. The van der Waals surface area contributed by atoms with Gasteiger partial charge in [-0.3, -0.25) is 28.8 Å². The van der Waals surface area contributed by atoms with E-state index in [2.05, 4.69) is 30.9 Å². The van der Waals surface area contributed by atoms with E-state index in [4.69, 9.17) is 48.2 Å². The van der Waals surface area contributed by atoms with Crippen LogP contribution in [-0.4, -0.2) is 136 Å². The molecule has 1 aliphatic rings. The molecule has 0 unspecified atom stereocenters. The Morgan fingerprint density at radius 3 is 2.17 bits per heavy atom. The van der Waals surface area contributed by atoms with E-state index in [0.717, 1.165) is 50.0 Å². The summed E-state index contributed by atoms with van der Waals surface area (Å²) >= 11 is 13.1. The molecule has 0 bridgehead atoms. The van der Waals surface area contributed by atoms with E-state index in [-0.39, 0.29) is 74.2 Å². The summed E-state index contributed by atoms with van der Waals surface area (Å²) in [5, 5.41) is 33.9. The van der Waals surface area contributed by atoms with Crippen LogP contribution in [0.4, 0.5) is 5.82 Å². The molecule has 4 amide bonds. The summed E-state index contributed by atoms with van der Waals surface area (Å²) in [5.74, 6) is -0.557. The van der Waals surface area contributed by atoms with E-state index < -0.39 is 6.61 Å². The van der Waals surface area contributed by atoms with Crippen molar-refractivity contribution in [1.82, 2.24) is 45.6 Å². The van der Waals surface area contributed by atoms with Crippen LogP contribution in [0.25, 0.3) is 44.4 Å². The third-order valence-corrected chi connectivity index (χ3v) is 12.5. The SMILES string of the molecule is CCc1c(-c2ccc(C(=O)NCCNC(=O)CCOCCOCCOCCC(=O)NCCn3ccc(-c4cc(Cl)c(Cl)c5[nH]c6c(c45)CN(C(=O)CO)CC6)n3)nc2)cnc(N)c1-c1ccc(O)cc1. The number of hydrogen-bond donors (Lipinski definition) is 7.